The molecule has 0 aliphatic heterocycles. The van der Waals surface area contributed by atoms with Gasteiger partial charge < -0.3 is 5.73 Å². The zero-order valence-electron chi connectivity index (χ0n) is 8.83. The highest BCUT2D eigenvalue weighted by atomic mass is 79.9. The molecule has 0 saturated heterocycles. The van der Waals surface area contributed by atoms with E-state index in [1.165, 1.54) is 0 Å². The van der Waals surface area contributed by atoms with Crippen molar-refractivity contribution >= 4 is 21.7 Å². The number of hydrogen-bond acceptors (Lipinski definition) is 3. The van der Waals surface area contributed by atoms with Crippen LogP contribution >= 0.6 is 15.9 Å². The van der Waals surface area contributed by atoms with Crippen LogP contribution in [0, 0.1) is 0 Å². The Morgan fingerprint density at radius 3 is 2.73 bits per heavy atom. The van der Waals surface area contributed by atoms with Crippen LogP contribution in [0.4, 0.5) is 0 Å². The third-order valence-electron chi connectivity index (χ3n) is 2.70. The third-order valence-corrected chi connectivity index (χ3v) is 3.28. The summed E-state index contributed by atoms with van der Waals surface area (Å²) in [7, 11) is 0. The van der Waals surface area contributed by atoms with Crippen LogP contribution in [0.3, 0.4) is 0 Å². The van der Waals surface area contributed by atoms with E-state index in [-0.39, 0.29) is 11.8 Å². The topological polar surface area (TPSA) is 60.9 Å². The van der Waals surface area contributed by atoms with E-state index in [0.717, 1.165) is 17.3 Å². The molecule has 0 atom stereocenters. The summed E-state index contributed by atoms with van der Waals surface area (Å²) >= 11 is 3.35. The Hall–Kier alpha value is -0.680. The van der Waals surface area contributed by atoms with Crippen molar-refractivity contribution in [2.75, 3.05) is 0 Å². The number of carbonyl (C=O) groups is 1. The highest BCUT2D eigenvalue weighted by molar-refractivity contribution is 9.10. The van der Waals surface area contributed by atoms with E-state index in [1.807, 2.05) is 13.8 Å². The average Bonchev–Trinajstić information content (AvgIpc) is 2.78. The molecule has 1 aromatic heterocycles. The SMILES string of the molecule is CC(C)n1ncc(Br)c1C(=O)C1(N)CC1. The van der Waals surface area contributed by atoms with Crippen molar-refractivity contribution in [3.8, 4) is 0 Å². The van der Waals surface area contributed by atoms with Gasteiger partial charge in [0, 0.05) is 6.04 Å². The van der Waals surface area contributed by atoms with Crippen LogP contribution in [0.15, 0.2) is 10.7 Å². The van der Waals surface area contributed by atoms with Crippen molar-refractivity contribution in [3.63, 3.8) is 0 Å². The minimum Gasteiger partial charge on any atom is -0.319 e. The number of aromatic nitrogens is 2. The van der Waals surface area contributed by atoms with Gasteiger partial charge in [-0.2, -0.15) is 5.10 Å². The first-order chi connectivity index (χ1) is 6.96. The molecule has 0 radical (unpaired) electrons. The van der Waals surface area contributed by atoms with Crippen molar-refractivity contribution in [2.24, 2.45) is 5.73 Å². The summed E-state index contributed by atoms with van der Waals surface area (Å²) in [4.78, 5) is 12.1. The number of Topliss-reactive ketones (excluding diaryl/α,β-unsaturated/α-hetero) is 1. The Balaban J connectivity index is 2.42. The summed E-state index contributed by atoms with van der Waals surface area (Å²) in [5, 5.41) is 4.17. The molecule has 1 saturated carbocycles. The maximum atomic E-state index is 12.1. The van der Waals surface area contributed by atoms with Crippen molar-refractivity contribution < 1.29 is 4.79 Å². The van der Waals surface area contributed by atoms with Crippen molar-refractivity contribution in [1.82, 2.24) is 9.78 Å². The smallest absolute Gasteiger partial charge is 0.201 e. The normalized spacial score (nSPS) is 18.2. The molecule has 0 aromatic carbocycles. The van der Waals surface area contributed by atoms with E-state index in [1.54, 1.807) is 10.9 Å². The maximum absolute atomic E-state index is 12.1. The van der Waals surface area contributed by atoms with Crippen LogP contribution in [0.1, 0.15) is 43.2 Å². The molecule has 1 heterocycles. The second-order valence-corrected chi connectivity index (χ2v) is 5.22. The quantitative estimate of drug-likeness (QED) is 0.855. The third kappa shape index (κ3) is 1.74. The summed E-state index contributed by atoms with van der Waals surface area (Å²) in [5.41, 5.74) is 5.88. The minimum atomic E-state index is -0.630. The van der Waals surface area contributed by atoms with Crippen LogP contribution in [0.2, 0.25) is 0 Å². The number of nitrogens with two attached hydrogens (primary N) is 1. The second kappa shape index (κ2) is 3.42. The number of ketones is 1. The average molecular weight is 272 g/mol. The fourth-order valence-electron chi connectivity index (χ4n) is 1.54. The molecule has 2 rings (SSSR count). The lowest BCUT2D eigenvalue weighted by atomic mass is 10.1. The molecule has 1 fully saturated rings. The Morgan fingerprint density at radius 2 is 2.27 bits per heavy atom. The number of hydrogen-bond donors (Lipinski definition) is 1. The second-order valence-electron chi connectivity index (χ2n) is 4.36. The zero-order chi connectivity index (χ0) is 11.2. The molecule has 1 aliphatic rings. The predicted octanol–water partition coefficient (Wildman–Crippen LogP) is 1.90. The van der Waals surface area contributed by atoms with E-state index in [2.05, 4.69) is 21.0 Å². The molecule has 1 aromatic rings. The molecule has 0 spiro atoms. The molecule has 82 valence electrons. The van der Waals surface area contributed by atoms with Crippen LogP contribution in [0.5, 0.6) is 0 Å². The Kier molecular flexibility index (Phi) is 2.47. The maximum Gasteiger partial charge on any atom is 0.201 e. The van der Waals surface area contributed by atoms with Crippen LogP contribution < -0.4 is 5.73 Å². The van der Waals surface area contributed by atoms with Gasteiger partial charge in [-0.05, 0) is 42.6 Å². The molecule has 0 unspecified atom stereocenters. The number of nitrogens with zero attached hydrogens (tertiary/aromatic N) is 2. The Labute approximate surface area is 97.0 Å². The molecule has 5 heteroatoms. The summed E-state index contributed by atoms with van der Waals surface area (Å²) in [6, 6.07) is 0.164. The number of carbonyl (C=O) groups excluding carboxylic acids is 1. The van der Waals surface area contributed by atoms with Gasteiger partial charge in [0.05, 0.1) is 16.2 Å². The molecule has 0 amide bonds. The van der Waals surface area contributed by atoms with Gasteiger partial charge in [0.1, 0.15) is 5.69 Å². The predicted molar refractivity (Wildman–Crippen MR) is 60.8 cm³/mol. The minimum absolute atomic E-state index is 0.000532. The standard InChI is InChI=1S/C10H14BrN3O/c1-6(2)14-8(7(11)5-13-14)9(15)10(12)3-4-10/h5-6H,3-4,12H2,1-2H3. The van der Waals surface area contributed by atoms with E-state index in [0.29, 0.717) is 5.69 Å². The summed E-state index contributed by atoms with van der Waals surface area (Å²) < 4.78 is 2.46. The van der Waals surface area contributed by atoms with E-state index in [4.69, 9.17) is 5.73 Å². The lowest BCUT2D eigenvalue weighted by molar-refractivity contribution is 0.0935. The molecule has 2 N–H and O–H groups in total. The fraction of sp³-hybridized carbons (Fsp3) is 0.600. The van der Waals surface area contributed by atoms with Crippen LogP contribution in [-0.4, -0.2) is 21.1 Å². The van der Waals surface area contributed by atoms with Gasteiger partial charge in [0.2, 0.25) is 5.78 Å². The molecular weight excluding hydrogens is 258 g/mol. The van der Waals surface area contributed by atoms with E-state index in [9.17, 15) is 4.79 Å². The van der Waals surface area contributed by atoms with Crippen molar-refractivity contribution in [3.05, 3.63) is 16.4 Å². The van der Waals surface area contributed by atoms with Gasteiger partial charge in [-0.3, -0.25) is 9.48 Å². The van der Waals surface area contributed by atoms with E-state index >= 15 is 0 Å². The molecule has 1 aliphatic carbocycles. The van der Waals surface area contributed by atoms with Gasteiger partial charge in [-0.15, -0.1) is 0 Å². The van der Waals surface area contributed by atoms with Crippen molar-refractivity contribution in [1.29, 1.82) is 0 Å². The lowest BCUT2D eigenvalue weighted by Gasteiger charge is -2.13. The zero-order valence-corrected chi connectivity index (χ0v) is 10.4. The largest absolute Gasteiger partial charge is 0.319 e. The number of halogens is 1. The number of rotatable bonds is 3. The monoisotopic (exact) mass is 271 g/mol. The van der Waals surface area contributed by atoms with Gasteiger partial charge in [-0.1, -0.05) is 0 Å². The molecule has 15 heavy (non-hydrogen) atoms. The summed E-state index contributed by atoms with van der Waals surface area (Å²) in [6.07, 6.45) is 3.21. The first kappa shape index (κ1) is 10.8. The summed E-state index contributed by atoms with van der Waals surface area (Å²) in [5.74, 6) is 0.000532. The Morgan fingerprint density at radius 1 is 1.67 bits per heavy atom. The Bertz CT molecular complexity index is 407. The molecular formula is C10H14BrN3O. The highest BCUT2D eigenvalue weighted by Crippen LogP contribution is 2.37. The summed E-state index contributed by atoms with van der Waals surface area (Å²) in [6.45, 7) is 3.98. The van der Waals surface area contributed by atoms with Gasteiger partial charge in [0.15, 0.2) is 0 Å². The highest BCUT2D eigenvalue weighted by Gasteiger charge is 2.48. The van der Waals surface area contributed by atoms with Gasteiger partial charge >= 0.3 is 0 Å². The van der Waals surface area contributed by atoms with E-state index < -0.39 is 5.54 Å². The van der Waals surface area contributed by atoms with Crippen LogP contribution in [0.25, 0.3) is 0 Å². The first-order valence-corrected chi connectivity index (χ1v) is 5.82. The van der Waals surface area contributed by atoms with Gasteiger partial charge in [-0.25, -0.2) is 0 Å². The first-order valence-electron chi connectivity index (χ1n) is 5.02. The lowest BCUT2D eigenvalue weighted by Crippen LogP contribution is -2.34. The fourth-order valence-corrected chi connectivity index (χ4v) is 2.00. The van der Waals surface area contributed by atoms with Gasteiger partial charge in [0.25, 0.3) is 0 Å². The van der Waals surface area contributed by atoms with Crippen molar-refractivity contribution in [2.45, 2.75) is 38.3 Å². The molecule has 4 nitrogen and oxygen atoms in total. The van der Waals surface area contributed by atoms with Crippen LogP contribution in [-0.2, 0) is 0 Å². The molecule has 0 bridgehead atoms.